The number of hydrogen-bond donors (Lipinski definition) is 4. The Hall–Kier alpha value is -1.74. The second-order valence-corrected chi connectivity index (χ2v) is 8.52. The van der Waals surface area contributed by atoms with Crippen LogP contribution in [0.5, 0.6) is 0 Å². The minimum atomic E-state index is 0.0829. The Morgan fingerprint density at radius 1 is 1.36 bits per heavy atom. The third kappa shape index (κ3) is 3.92. The Morgan fingerprint density at radius 3 is 2.88 bits per heavy atom. The standard InChI is InChI=1S/C16H16ClN5S3/c1-8-10(17)4-3-5-11(8)21-22-13-7-24-15(20-13)9-6-12(14(18)19)25-16(9)23-2/h3-7,21-22H,1-2H3,(H3,18,19). The van der Waals surface area contributed by atoms with E-state index in [9.17, 15) is 0 Å². The lowest BCUT2D eigenvalue weighted by Gasteiger charge is -2.10. The van der Waals surface area contributed by atoms with Gasteiger partial charge in [0.1, 0.15) is 10.8 Å². The zero-order valence-electron chi connectivity index (χ0n) is 13.5. The van der Waals surface area contributed by atoms with E-state index in [4.69, 9.17) is 22.7 Å². The molecule has 3 rings (SSSR count). The number of benzene rings is 1. The summed E-state index contributed by atoms with van der Waals surface area (Å²) in [5, 5.41) is 11.2. The number of nitrogen functional groups attached to an aromatic ring is 1. The number of nitrogens with one attached hydrogen (secondary N) is 3. The van der Waals surface area contributed by atoms with Gasteiger partial charge in [0, 0.05) is 16.0 Å². The highest BCUT2D eigenvalue weighted by Crippen LogP contribution is 2.39. The number of thioether (sulfide) groups is 1. The number of amidine groups is 1. The summed E-state index contributed by atoms with van der Waals surface area (Å²) in [6.07, 6.45) is 2.01. The molecule has 0 spiro atoms. The first-order chi connectivity index (χ1) is 12.0. The van der Waals surface area contributed by atoms with Crippen LogP contribution in [-0.4, -0.2) is 17.1 Å². The van der Waals surface area contributed by atoms with Gasteiger partial charge in [-0.2, -0.15) is 0 Å². The van der Waals surface area contributed by atoms with E-state index >= 15 is 0 Å². The van der Waals surface area contributed by atoms with E-state index in [1.165, 1.54) is 11.3 Å². The molecule has 0 saturated heterocycles. The number of nitrogens with zero attached hydrogens (tertiary/aromatic N) is 1. The van der Waals surface area contributed by atoms with Gasteiger partial charge in [-0.05, 0) is 36.9 Å². The van der Waals surface area contributed by atoms with Crippen molar-refractivity contribution in [2.24, 2.45) is 5.73 Å². The molecule has 25 heavy (non-hydrogen) atoms. The third-order valence-electron chi connectivity index (χ3n) is 3.48. The molecule has 0 amide bonds. The zero-order chi connectivity index (χ0) is 18.0. The maximum absolute atomic E-state index is 7.62. The molecule has 5 N–H and O–H groups in total. The Balaban J connectivity index is 1.79. The average molecular weight is 410 g/mol. The first kappa shape index (κ1) is 18.1. The minimum Gasteiger partial charge on any atom is -0.383 e. The van der Waals surface area contributed by atoms with Crippen LogP contribution in [0.1, 0.15) is 10.4 Å². The van der Waals surface area contributed by atoms with Crippen molar-refractivity contribution in [3.8, 4) is 10.6 Å². The smallest absolute Gasteiger partial charge is 0.156 e. The van der Waals surface area contributed by atoms with Gasteiger partial charge in [-0.15, -0.1) is 34.4 Å². The lowest BCUT2D eigenvalue weighted by atomic mass is 10.2. The molecule has 0 saturated carbocycles. The Kier molecular flexibility index (Phi) is 5.53. The van der Waals surface area contributed by atoms with Crippen LogP contribution < -0.4 is 16.6 Å². The molecule has 5 nitrogen and oxygen atoms in total. The van der Waals surface area contributed by atoms with Gasteiger partial charge >= 0.3 is 0 Å². The lowest BCUT2D eigenvalue weighted by Crippen LogP contribution is -2.10. The van der Waals surface area contributed by atoms with Crippen molar-refractivity contribution in [1.29, 1.82) is 5.41 Å². The van der Waals surface area contributed by atoms with Gasteiger partial charge in [-0.25, -0.2) is 4.98 Å². The van der Waals surface area contributed by atoms with Crippen molar-refractivity contribution in [2.75, 3.05) is 17.1 Å². The Bertz CT molecular complexity index is 918. The molecular weight excluding hydrogens is 394 g/mol. The first-order valence-electron chi connectivity index (χ1n) is 7.25. The van der Waals surface area contributed by atoms with Crippen LogP contribution in [0.15, 0.2) is 33.9 Å². The zero-order valence-corrected chi connectivity index (χ0v) is 16.7. The highest BCUT2D eigenvalue weighted by molar-refractivity contribution is 8.00. The van der Waals surface area contributed by atoms with Crippen LogP contribution in [0.4, 0.5) is 11.5 Å². The van der Waals surface area contributed by atoms with Gasteiger partial charge in [0.05, 0.1) is 14.8 Å². The molecule has 1 aromatic carbocycles. The SMILES string of the molecule is CSc1sc(C(=N)N)cc1-c1nc(NNc2cccc(Cl)c2C)cs1. The van der Waals surface area contributed by atoms with Gasteiger partial charge in [0.2, 0.25) is 0 Å². The number of thiazole rings is 1. The van der Waals surface area contributed by atoms with Crippen molar-refractivity contribution < 1.29 is 0 Å². The molecule has 0 radical (unpaired) electrons. The summed E-state index contributed by atoms with van der Waals surface area (Å²) in [6.45, 7) is 1.96. The first-order valence-corrected chi connectivity index (χ1v) is 10.5. The number of halogens is 1. The topological polar surface area (TPSA) is 86.8 Å². The second-order valence-electron chi connectivity index (χ2n) is 5.13. The fourth-order valence-electron chi connectivity index (χ4n) is 2.14. The van der Waals surface area contributed by atoms with E-state index in [0.29, 0.717) is 5.02 Å². The summed E-state index contributed by atoms with van der Waals surface area (Å²) >= 11 is 10.8. The molecule has 0 fully saturated rings. The highest BCUT2D eigenvalue weighted by atomic mass is 35.5. The van der Waals surface area contributed by atoms with Crippen LogP contribution in [0, 0.1) is 12.3 Å². The van der Waals surface area contributed by atoms with Gasteiger partial charge in [-0.3, -0.25) is 16.3 Å². The van der Waals surface area contributed by atoms with Gasteiger partial charge in [0.15, 0.2) is 5.82 Å². The molecule has 9 heteroatoms. The molecule has 2 heterocycles. The summed E-state index contributed by atoms with van der Waals surface area (Å²) < 4.78 is 1.10. The van der Waals surface area contributed by atoms with Crippen LogP contribution in [0.25, 0.3) is 10.6 Å². The van der Waals surface area contributed by atoms with E-state index in [1.807, 2.05) is 42.8 Å². The lowest BCUT2D eigenvalue weighted by molar-refractivity contribution is 1.30. The van der Waals surface area contributed by atoms with Crippen LogP contribution in [0.2, 0.25) is 5.02 Å². The molecule has 0 aliphatic carbocycles. The number of rotatable bonds is 6. The van der Waals surface area contributed by atoms with Gasteiger partial charge in [0.25, 0.3) is 0 Å². The quantitative estimate of drug-likeness (QED) is 0.192. The predicted molar refractivity (Wildman–Crippen MR) is 112 cm³/mol. The number of aromatic nitrogens is 1. The summed E-state index contributed by atoms with van der Waals surface area (Å²) in [5.41, 5.74) is 14.7. The summed E-state index contributed by atoms with van der Waals surface area (Å²) in [7, 11) is 0. The van der Waals surface area contributed by atoms with E-state index in [2.05, 4.69) is 15.8 Å². The number of hydrogen-bond acceptors (Lipinski definition) is 7. The fourth-order valence-corrected chi connectivity index (χ4v) is 4.94. The molecule has 2 aromatic heterocycles. The number of thiophene rings is 1. The minimum absolute atomic E-state index is 0.0829. The van der Waals surface area contributed by atoms with Gasteiger partial charge < -0.3 is 5.73 Å². The summed E-state index contributed by atoms with van der Waals surface area (Å²) in [4.78, 5) is 5.38. The molecule has 0 atom stereocenters. The van der Waals surface area contributed by atoms with Crippen molar-refractivity contribution in [1.82, 2.24) is 4.98 Å². The van der Waals surface area contributed by atoms with Crippen molar-refractivity contribution in [3.05, 3.63) is 45.1 Å². The van der Waals surface area contributed by atoms with Crippen molar-refractivity contribution in [2.45, 2.75) is 11.1 Å². The summed E-state index contributed by atoms with van der Waals surface area (Å²) in [6, 6.07) is 7.63. The molecule has 0 unspecified atom stereocenters. The van der Waals surface area contributed by atoms with Crippen molar-refractivity contribution in [3.63, 3.8) is 0 Å². The molecule has 0 bridgehead atoms. The molecule has 0 aliphatic rings. The number of nitrogens with two attached hydrogens (primary N) is 1. The normalized spacial score (nSPS) is 10.7. The molecule has 0 aliphatic heterocycles. The van der Waals surface area contributed by atoms with Crippen molar-refractivity contribution >= 4 is 63.4 Å². The summed E-state index contributed by atoms with van der Waals surface area (Å²) in [5.74, 6) is 0.807. The maximum atomic E-state index is 7.62. The molecule has 3 aromatic rings. The largest absolute Gasteiger partial charge is 0.383 e. The van der Waals surface area contributed by atoms with Crippen LogP contribution in [-0.2, 0) is 0 Å². The highest BCUT2D eigenvalue weighted by Gasteiger charge is 2.15. The van der Waals surface area contributed by atoms with Crippen LogP contribution >= 0.6 is 46.0 Å². The third-order valence-corrected chi connectivity index (χ3v) is 7.07. The van der Waals surface area contributed by atoms with E-state index in [-0.39, 0.29) is 5.84 Å². The Labute approximate surface area is 163 Å². The predicted octanol–water partition coefficient (Wildman–Crippen LogP) is 5.28. The number of anilines is 2. The average Bonchev–Trinajstić information content (AvgIpc) is 3.22. The monoisotopic (exact) mass is 409 g/mol. The van der Waals surface area contributed by atoms with Crippen LogP contribution in [0.3, 0.4) is 0 Å². The number of hydrazine groups is 1. The van der Waals surface area contributed by atoms with Gasteiger partial charge in [-0.1, -0.05) is 17.7 Å². The molecule has 130 valence electrons. The molecular formula is C16H16ClN5S3. The van der Waals surface area contributed by atoms with E-state index in [1.54, 1.807) is 23.1 Å². The van der Waals surface area contributed by atoms with E-state index < -0.39 is 0 Å². The Morgan fingerprint density at radius 2 is 2.16 bits per heavy atom. The van der Waals surface area contributed by atoms with E-state index in [0.717, 1.165) is 36.7 Å². The fraction of sp³-hybridized carbons (Fsp3) is 0.125. The maximum Gasteiger partial charge on any atom is 0.156 e. The second kappa shape index (κ2) is 7.65.